The van der Waals surface area contributed by atoms with Crippen LogP contribution in [0.15, 0.2) is 54.9 Å². The Balaban J connectivity index is 1.71. The third kappa shape index (κ3) is 3.17. The molecule has 1 amide bonds. The first kappa shape index (κ1) is 15.9. The van der Waals surface area contributed by atoms with E-state index in [-0.39, 0.29) is 17.0 Å². The lowest BCUT2D eigenvalue weighted by Gasteiger charge is -2.35. The van der Waals surface area contributed by atoms with Gasteiger partial charge in [-0.1, -0.05) is 18.2 Å². The van der Waals surface area contributed by atoms with Crippen LogP contribution in [0.25, 0.3) is 10.9 Å². The number of hydrogen-bond donors (Lipinski definition) is 1. The van der Waals surface area contributed by atoms with Crippen LogP contribution in [0.3, 0.4) is 0 Å². The predicted molar refractivity (Wildman–Crippen MR) is 98.0 cm³/mol. The molecule has 1 unspecified atom stereocenters. The summed E-state index contributed by atoms with van der Waals surface area (Å²) in [5.41, 5.74) is 2.41. The van der Waals surface area contributed by atoms with E-state index in [0.29, 0.717) is 18.5 Å². The second kappa shape index (κ2) is 6.72. The Kier molecular flexibility index (Phi) is 4.28. The highest BCUT2D eigenvalue weighted by Crippen LogP contribution is 2.38. The van der Waals surface area contributed by atoms with Gasteiger partial charge in [-0.3, -0.25) is 9.78 Å². The van der Waals surface area contributed by atoms with Gasteiger partial charge in [0.25, 0.3) is 0 Å². The number of carbonyl (C=O) groups is 1. The van der Waals surface area contributed by atoms with Gasteiger partial charge in [0.15, 0.2) is 0 Å². The zero-order valence-corrected chi connectivity index (χ0v) is 14.3. The van der Waals surface area contributed by atoms with Crippen LogP contribution >= 0.6 is 11.8 Å². The van der Waals surface area contributed by atoms with Gasteiger partial charge in [-0.25, -0.2) is 4.98 Å². The maximum Gasteiger partial charge on any atom is 0.224 e. The fraction of sp³-hybridized carbons (Fsp3) is 0.211. The van der Waals surface area contributed by atoms with Crippen LogP contribution in [0.5, 0.6) is 5.75 Å². The maximum atomic E-state index is 12.5. The number of amides is 1. The first-order valence-corrected chi connectivity index (χ1v) is 9.16. The molecule has 1 fully saturated rings. The van der Waals surface area contributed by atoms with Gasteiger partial charge in [-0.05, 0) is 29.8 Å². The number of carbonyl (C=O) groups excluding carboxylic acids is 1. The van der Waals surface area contributed by atoms with Crippen LogP contribution in [0.1, 0.15) is 23.1 Å². The number of aromatic nitrogens is 2. The van der Waals surface area contributed by atoms with Crippen molar-refractivity contribution in [3.63, 3.8) is 0 Å². The quantitative estimate of drug-likeness (QED) is 0.782. The van der Waals surface area contributed by atoms with Gasteiger partial charge in [0.2, 0.25) is 5.91 Å². The highest BCUT2D eigenvalue weighted by atomic mass is 32.2. The second-order valence-corrected chi connectivity index (χ2v) is 7.12. The molecule has 2 aromatic heterocycles. The summed E-state index contributed by atoms with van der Waals surface area (Å²) < 4.78 is 0. The molecule has 25 heavy (non-hydrogen) atoms. The van der Waals surface area contributed by atoms with Crippen molar-refractivity contribution in [2.24, 2.45) is 0 Å². The number of fused-ring (bicyclic) bond motifs is 1. The number of hydrogen-bond acceptors (Lipinski definition) is 5. The second-order valence-electron chi connectivity index (χ2n) is 5.94. The highest BCUT2D eigenvalue weighted by molar-refractivity contribution is 7.99. The van der Waals surface area contributed by atoms with Crippen LogP contribution in [0, 0.1) is 0 Å². The first-order valence-electron chi connectivity index (χ1n) is 8.11. The van der Waals surface area contributed by atoms with Crippen molar-refractivity contribution in [3.8, 4) is 5.75 Å². The van der Waals surface area contributed by atoms with Gasteiger partial charge in [0.1, 0.15) is 16.6 Å². The molecule has 126 valence electrons. The molecule has 1 aliphatic rings. The molecular weight excluding hydrogens is 334 g/mol. The van der Waals surface area contributed by atoms with Crippen molar-refractivity contribution in [3.05, 3.63) is 66.1 Å². The van der Waals surface area contributed by atoms with Crippen molar-refractivity contribution in [1.82, 2.24) is 14.9 Å². The molecule has 1 aromatic carbocycles. The maximum absolute atomic E-state index is 12.5. The largest absolute Gasteiger partial charge is 0.506 e. The molecule has 0 spiro atoms. The van der Waals surface area contributed by atoms with Crippen LogP contribution in [-0.4, -0.2) is 31.6 Å². The summed E-state index contributed by atoms with van der Waals surface area (Å²) >= 11 is 1.71. The van der Waals surface area contributed by atoms with E-state index in [1.165, 1.54) is 0 Å². The zero-order chi connectivity index (χ0) is 17.2. The van der Waals surface area contributed by atoms with Gasteiger partial charge < -0.3 is 10.0 Å². The van der Waals surface area contributed by atoms with Crippen molar-refractivity contribution in [1.29, 1.82) is 0 Å². The highest BCUT2D eigenvalue weighted by Gasteiger charge is 2.31. The van der Waals surface area contributed by atoms with Gasteiger partial charge >= 0.3 is 0 Å². The Morgan fingerprint density at radius 1 is 1.16 bits per heavy atom. The smallest absolute Gasteiger partial charge is 0.224 e. The number of thioether (sulfide) groups is 1. The predicted octanol–water partition coefficient (Wildman–Crippen LogP) is 3.50. The molecule has 3 aromatic rings. The molecule has 5 nitrogen and oxygen atoms in total. The molecule has 0 aliphatic carbocycles. The van der Waals surface area contributed by atoms with Gasteiger partial charge in [0, 0.05) is 36.5 Å². The van der Waals surface area contributed by atoms with E-state index in [0.717, 1.165) is 22.4 Å². The third-order valence-corrected chi connectivity index (χ3v) is 5.52. The number of para-hydroxylation sites is 1. The summed E-state index contributed by atoms with van der Waals surface area (Å²) in [5, 5.41) is 10.8. The van der Waals surface area contributed by atoms with Crippen molar-refractivity contribution >= 4 is 28.6 Å². The Bertz CT molecular complexity index is 917. The molecule has 3 heterocycles. The zero-order valence-electron chi connectivity index (χ0n) is 13.5. The SMILES string of the molecule is O=C1CCSC(c2ccc3cccc(O)c3n2)N1Cc1ccncc1. The van der Waals surface area contributed by atoms with Crippen molar-refractivity contribution in [2.45, 2.75) is 18.3 Å². The topological polar surface area (TPSA) is 66.3 Å². The molecule has 0 bridgehead atoms. The average Bonchev–Trinajstić information content (AvgIpc) is 2.64. The van der Waals surface area contributed by atoms with E-state index in [1.807, 2.05) is 35.2 Å². The van der Waals surface area contributed by atoms with E-state index >= 15 is 0 Å². The van der Waals surface area contributed by atoms with E-state index in [9.17, 15) is 9.90 Å². The normalized spacial score (nSPS) is 17.8. The molecule has 0 radical (unpaired) electrons. The van der Waals surface area contributed by atoms with Crippen LogP contribution < -0.4 is 0 Å². The van der Waals surface area contributed by atoms with Crippen molar-refractivity contribution < 1.29 is 9.90 Å². The van der Waals surface area contributed by atoms with Crippen LogP contribution in [-0.2, 0) is 11.3 Å². The van der Waals surface area contributed by atoms with E-state index in [4.69, 9.17) is 0 Å². The van der Waals surface area contributed by atoms with Crippen LogP contribution in [0.4, 0.5) is 0 Å². The Morgan fingerprint density at radius 2 is 2.00 bits per heavy atom. The number of nitrogens with zero attached hydrogens (tertiary/aromatic N) is 3. The standard InChI is InChI=1S/C19H17N3O2S/c23-16-3-1-2-14-4-5-15(21-18(14)16)19-22(17(24)8-11-25-19)12-13-6-9-20-10-7-13/h1-7,9-10,19,23H,8,11-12H2. The number of aromatic hydroxyl groups is 1. The molecule has 1 N–H and O–H groups in total. The number of pyridine rings is 2. The Morgan fingerprint density at radius 3 is 2.84 bits per heavy atom. The summed E-state index contributed by atoms with van der Waals surface area (Å²) in [6.07, 6.45) is 4.00. The monoisotopic (exact) mass is 351 g/mol. The number of benzene rings is 1. The number of rotatable bonds is 3. The van der Waals surface area contributed by atoms with E-state index < -0.39 is 0 Å². The third-order valence-electron chi connectivity index (χ3n) is 4.27. The van der Waals surface area contributed by atoms with Crippen molar-refractivity contribution in [2.75, 3.05) is 5.75 Å². The Labute approximate surface area is 149 Å². The molecule has 0 saturated carbocycles. The molecule has 1 atom stereocenters. The number of phenolic OH excluding ortho intramolecular Hbond substituents is 1. The number of phenols is 1. The minimum atomic E-state index is -0.154. The molecule has 1 aliphatic heterocycles. The minimum Gasteiger partial charge on any atom is -0.506 e. The summed E-state index contributed by atoms with van der Waals surface area (Å²) in [5.74, 6) is 1.06. The Hall–Kier alpha value is -2.60. The lowest BCUT2D eigenvalue weighted by molar-refractivity contribution is -0.132. The minimum absolute atomic E-state index is 0.125. The molecule has 4 rings (SSSR count). The molecule has 1 saturated heterocycles. The molecular formula is C19H17N3O2S. The van der Waals surface area contributed by atoms with Crippen LogP contribution in [0.2, 0.25) is 0 Å². The van der Waals surface area contributed by atoms with Gasteiger partial charge in [-0.15, -0.1) is 11.8 Å². The summed E-state index contributed by atoms with van der Waals surface area (Å²) in [7, 11) is 0. The lowest BCUT2D eigenvalue weighted by Crippen LogP contribution is -2.37. The van der Waals surface area contributed by atoms with E-state index in [2.05, 4.69) is 9.97 Å². The summed E-state index contributed by atoms with van der Waals surface area (Å²) in [6.45, 7) is 0.527. The average molecular weight is 351 g/mol. The van der Waals surface area contributed by atoms with E-state index in [1.54, 1.807) is 36.3 Å². The first-order chi connectivity index (χ1) is 12.2. The van der Waals surface area contributed by atoms with Gasteiger partial charge in [0.05, 0.1) is 5.69 Å². The lowest BCUT2D eigenvalue weighted by atomic mass is 10.1. The fourth-order valence-corrected chi connectivity index (χ4v) is 4.20. The fourth-order valence-electron chi connectivity index (χ4n) is 3.01. The molecule has 6 heteroatoms. The summed E-state index contributed by atoms with van der Waals surface area (Å²) in [6, 6.07) is 13.1. The summed E-state index contributed by atoms with van der Waals surface area (Å²) in [4.78, 5) is 23.1. The van der Waals surface area contributed by atoms with Gasteiger partial charge in [-0.2, -0.15) is 0 Å².